The second-order valence-corrected chi connectivity index (χ2v) is 11.8. The molecule has 1 atom stereocenters. The summed E-state index contributed by atoms with van der Waals surface area (Å²) in [6.07, 6.45) is 6.24. The number of aromatic nitrogens is 3. The monoisotopic (exact) mass is 491 g/mol. The zero-order valence-electron chi connectivity index (χ0n) is 21.2. The first-order chi connectivity index (χ1) is 18.0. The first-order valence-electron chi connectivity index (χ1n) is 13.4. The van der Waals surface area contributed by atoms with Crippen molar-refractivity contribution in [1.82, 2.24) is 19.0 Å². The van der Waals surface area contributed by atoms with Gasteiger partial charge in [-0.3, -0.25) is 4.79 Å². The summed E-state index contributed by atoms with van der Waals surface area (Å²) in [7, 11) is 3.67. The van der Waals surface area contributed by atoms with E-state index in [1.165, 1.54) is 25.7 Å². The van der Waals surface area contributed by atoms with Gasteiger partial charge in [-0.15, -0.1) is 0 Å². The van der Waals surface area contributed by atoms with Crippen LogP contribution in [0.4, 0.5) is 0 Å². The minimum Gasteiger partial charge on any atom is -0.494 e. The fourth-order valence-corrected chi connectivity index (χ4v) is 7.59. The first kappa shape index (κ1) is 21.3. The molecule has 9 rings (SSSR count). The fourth-order valence-electron chi connectivity index (χ4n) is 7.59. The van der Waals surface area contributed by atoms with E-state index >= 15 is 0 Å². The van der Waals surface area contributed by atoms with E-state index in [2.05, 4.69) is 26.2 Å². The molecule has 3 heterocycles. The van der Waals surface area contributed by atoms with E-state index in [0.717, 1.165) is 58.9 Å². The Kier molecular flexibility index (Phi) is 4.12. The Bertz CT molecular complexity index is 1680. The van der Waals surface area contributed by atoms with Crippen LogP contribution in [0.3, 0.4) is 0 Å². The molecule has 0 N–H and O–H groups in total. The molecule has 7 nitrogen and oxygen atoms in total. The summed E-state index contributed by atoms with van der Waals surface area (Å²) < 4.78 is 10.2. The molecule has 4 aliphatic carbocycles. The van der Waals surface area contributed by atoms with Gasteiger partial charge in [-0.25, -0.2) is 4.98 Å². The van der Waals surface area contributed by atoms with Crippen molar-refractivity contribution in [3.8, 4) is 23.3 Å². The third-order valence-corrected chi connectivity index (χ3v) is 9.58. The smallest absolute Gasteiger partial charge is 0.254 e. The quantitative estimate of drug-likeness (QED) is 0.389. The average molecular weight is 492 g/mol. The molecule has 0 radical (unpaired) electrons. The molecule has 1 amide bonds. The summed E-state index contributed by atoms with van der Waals surface area (Å²) in [6.45, 7) is 1.81. The Morgan fingerprint density at radius 3 is 2.78 bits per heavy atom. The molecular formula is C30H29N5O2. The predicted octanol–water partition coefficient (Wildman–Crippen LogP) is 5.11. The van der Waals surface area contributed by atoms with Gasteiger partial charge in [0, 0.05) is 48.1 Å². The van der Waals surface area contributed by atoms with Crippen LogP contribution in [0.15, 0.2) is 36.4 Å². The number of likely N-dealkylation sites (tertiary alicyclic amines) is 1. The van der Waals surface area contributed by atoms with Crippen molar-refractivity contribution < 1.29 is 9.53 Å². The highest BCUT2D eigenvalue weighted by molar-refractivity contribution is 6.01. The van der Waals surface area contributed by atoms with Crippen LogP contribution in [0.5, 0.6) is 5.75 Å². The van der Waals surface area contributed by atoms with Crippen LogP contribution in [-0.4, -0.2) is 44.6 Å². The van der Waals surface area contributed by atoms with Gasteiger partial charge in [0.1, 0.15) is 11.3 Å². The molecule has 186 valence electrons. The number of hydrogen-bond donors (Lipinski definition) is 0. The lowest BCUT2D eigenvalue weighted by molar-refractivity contribution is -0.0552. The molecule has 7 heteroatoms. The number of methoxy groups -OCH3 is 1. The SMILES string of the molecule is COc1cc(C(=O)N2CC34CC(CC23)C4)cc2nc(-c3cc4ccc(C#N)cc4n3CC3CC3)n(C)c12. The van der Waals surface area contributed by atoms with Crippen LogP contribution in [-0.2, 0) is 13.6 Å². The number of ether oxygens (including phenoxy) is 1. The second-order valence-electron chi connectivity index (χ2n) is 11.8. The van der Waals surface area contributed by atoms with Crippen LogP contribution in [0.2, 0.25) is 0 Å². The second kappa shape index (κ2) is 7.16. The standard InChI is InChI=1S/C30H29N5O2/c1-33-27-22(9-21(11-25(27)37-2)29(36)35-16-30-12-19(13-30)8-26(30)35)32-28(33)24-10-20-6-5-18(14-31)7-23(20)34(24)15-17-3-4-17/h5-7,9-11,17,19,26H,3-4,8,12-13,15-16H2,1-2H3. The molecule has 1 aliphatic heterocycles. The normalized spacial score (nSPS) is 25.6. The number of carbonyl (C=O) groups excluding carboxylic acids is 1. The van der Waals surface area contributed by atoms with Crippen LogP contribution < -0.4 is 4.74 Å². The molecule has 4 saturated carbocycles. The van der Waals surface area contributed by atoms with Gasteiger partial charge < -0.3 is 18.8 Å². The van der Waals surface area contributed by atoms with E-state index in [1.54, 1.807) is 7.11 Å². The summed E-state index contributed by atoms with van der Waals surface area (Å²) in [4.78, 5) is 20.7. The van der Waals surface area contributed by atoms with Crippen LogP contribution in [0.1, 0.15) is 48.0 Å². The third kappa shape index (κ3) is 2.87. The van der Waals surface area contributed by atoms with Crippen molar-refractivity contribution in [3.63, 3.8) is 0 Å². The average Bonchev–Trinajstić information content (AvgIpc) is 3.35. The Balaban J connectivity index is 1.24. The summed E-state index contributed by atoms with van der Waals surface area (Å²) in [5.41, 5.74) is 5.50. The molecule has 2 aromatic carbocycles. The lowest BCUT2D eigenvalue weighted by atomic mass is 9.63. The molecule has 1 unspecified atom stereocenters. The third-order valence-electron chi connectivity index (χ3n) is 9.58. The van der Waals surface area contributed by atoms with Crippen LogP contribution >= 0.6 is 0 Å². The van der Waals surface area contributed by atoms with Crippen LogP contribution in [0.25, 0.3) is 33.5 Å². The van der Waals surface area contributed by atoms with E-state index in [0.29, 0.717) is 34.3 Å². The molecular weight excluding hydrogens is 462 g/mol. The van der Waals surface area contributed by atoms with Crippen molar-refractivity contribution in [3.05, 3.63) is 47.5 Å². The van der Waals surface area contributed by atoms with E-state index in [1.807, 2.05) is 37.4 Å². The summed E-state index contributed by atoms with van der Waals surface area (Å²) in [6, 6.07) is 14.6. The number of nitrogens with zero attached hydrogens (tertiary/aromatic N) is 5. The molecule has 2 bridgehead atoms. The van der Waals surface area contributed by atoms with Crippen molar-refractivity contribution in [2.24, 2.45) is 24.3 Å². The van der Waals surface area contributed by atoms with Crippen molar-refractivity contribution in [2.75, 3.05) is 13.7 Å². The Labute approximate surface area is 215 Å². The van der Waals surface area contributed by atoms with Crippen molar-refractivity contribution >= 4 is 27.8 Å². The highest BCUT2D eigenvalue weighted by atomic mass is 16.5. The zero-order valence-corrected chi connectivity index (χ0v) is 21.2. The molecule has 5 aliphatic rings. The number of imidazole rings is 1. The molecule has 2 aromatic heterocycles. The largest absolute Gasteiger partial charge is 0.494 e. The van der Waals surface area contributed by atoms with Gasteiger partial charge in [0.15, 0.2) is 5.82 Å². The van der Waals surface area contributed by atoms with Gasteiger partial charge in [-0.2, -0.15) is 5.26 Å². The van der Waals surface area contributed by atoms with Crippen molar-refractivity contribution in [1.29, 1.82) is 5.26 Å². The number of aryl methyl sites for hydroxylation is 1. The summed E-state index contributed by atoms with van der Waals surface area (Å²) >= 11 is 0. The highest BCUT2D eigenvalue weighted by Gasteiger charge is 2.66. The first-order valence-corrected chi connectivity index (χ1v) is 13.4. The number of hydrogen-bond acceptors (Lipinski definition) is 4. The van der Waals surface area contributed by atoms with Gasteiger partial charge in [-0.05, 0) is 74.3 Å². The molecule has 1 spiro atoms. The molecule has 1 saturated heterocycles. The van der Waals surface area contributed by atoms with Crippen molar-refractivity contribution in [2.45, 2.75) is 44.7 Å². The lowest BCUT2D eigenvalue weighted by Crippen LogP contribution is -2.64. The number of benzene rings is 2. The molecule has 5 fully saturated rings. The van der Waals surface area contributed by atoms with E-state index in [4.69, 9.17) is 9.72 Å². The maximum Gasteiger partial charge on any atom is 0.254 e. The minimum atomic E-state index is 0.0995. The predicted molar refractivity (Wildman–Crippen MR) is 140 cm³/mol. The Morgan fingerprint density at radius 2 is 2.05 bits per heavy atom. The number of rotatable bonds is 5. The van der Waals surface area contributed by atoms with Gasteiger partial charge >= 0.3 is 0 Å². The van der Waals surface area contributed by atoms with Gasteiger partial charge in [-0.1, -0.05) is 6.07 Å². The van der Waals surface area contributed by atoms with Crippen LogP contribution in [0, 0.1) is 28.6 Å². The maximum absolute atomic E-state index is 13.6. The zero-order chi connectivity index (χ0) is 25.1. The number of nitriles is 1. The Morgan fingerprint density at radius 1 is 1.22 bits per heavy atom. The van der Waals surface area contributed by atoms with E-state index in [-0.39, 0.29) is 5.91 Å². The minimum absolute atomic E-state index is 0.0995. The Hall–Kier alpha value is -3.79. The van der Waals surface area contributed by atoms with E-state index in [9.17, 15) is 10.1 Å². The fraction of sp³-hybridized carbons (Fsp3) is 0.433. The number of fused-ring (bicyclic) bond motifs is 2. The van der Waals surface area contributed by atoms with Gasteiger partial charge in [0.2, 0.25) is 0 Å². The van der Waals surface area contributed by atoms with Gasteiger partial charge in [0.25, 0.3) is 5.91 Å². The topological polar surface area (TPSA) is 76.1 Å². The maximum atomic E-state index is 13.6. The number of amides is 1. The molecule has 37 heavy (non-hydrogen) atoms. The number of carbonyl (C=O) groups is 1. The lowest BCUT2D eigenvalue weighted by Gasteiger charge is -2.56. The molecule has 4 aromatic rings. The summed E-state index contributed by atoms with van der Waals surface area (Å²) in [5.74, 6) is 3.10. The summed E-state index contributed by atoms with van der Waals surface area (Å²) in [5, 5.41) is 10.6. The highest BCUT2D eigenvalue weighted by Crippen LogP contribution is 2.66. The van der Waals surface area contributed by atoms with E-state index < -0.39 is 0 Å². The van der Waals surface area contributed by atoms with Gasteiger partial charge in [0.05, 0.1) is 30.0 Å².